The lowest BCUT2D eigenvalue weighted by atomic mass is 9.92. The van der Waals surface area contributed by atoms with Gasteiger partial charge in [0.1, 0.15) is 28.7 Å². The maximum Gasteiger partial charge on any atom is 0.319 e. The van der Waals surface area contributed by atoms with Gasteiger partial charge >= 0.3 is 6.01 Å². The molecular weight excluding hydrogens is 605 g/mol. The Hall–Kier alpha value is -4.11. The van der Waals surface area contributed by atoms with Crippen LogP contribution >= 0.6 is 0 Å². The van der Waals surface area contributed by atoms with E-state index in [0.29, 0.717) is 30.9 Å². The van der Waals surface area contributed by atoms with E-state index in [4.69, 9.17) is 16.1 Å². The van der Waals surface area contributed by atoms with Gasteiger partial charge in [-0.25, -0.2) is 13.2 Å². The molecule has 2 bridgehead atoms. The summed E-state index contributed by atoms with van der Waals surface area (Å²) in [5.41, 5.74) is -0.785. The number of ether oxygens (including phenoxy) is 1. The average molecular weight is 643 g/mol. The van der Waals surface area contributed by atoms with Gasteiger partial charge in [-0.3, -0.25) is 9.80 Å². The van der Waals surface area contributed by atoms with E-state index >= 15 is 8.78 Å². The second-order valence-corrected chi connectivity index (χ2v) is 13.9. The monoisotopic (exact) mass is 642 g/mol. The maximum atomic E-state index is 16.9. The minimum absolute atomic E-state index is 0.0203. The van der Waals surface area contributed by atoms with Crippen LogP contribution in [0, 0.1) is 35.2 Å². The van der Waals surface area contributed by atoms with E-state index in [1.165, 1.54) is 30.3 Å². The first-order valence-electron chi connectivity index (χ1n) is 16.4. The summed E-state index contributed by atoms with van der Waals surface area (Å²) in [6.45, 7) is 5.63. The van der Waals surface area contributed by atoms with Gasteiger partial charge in [0.25, 0.3) is 0 Å². The molecule has 1 aliphatic carbocycles. The van der Waals surface area contributed by atoms with Crippen LogP contribution in [0.1, 0.15) is 37.7 Å². The Bertz CT molecular complexity index is 1930. The number of phenolic OH excluding ortho intramolecular Hbond substituents is 1. The summed E-state index contributed by atoms with van der Waals surface area (Å²) in [6, 6.07) is 6.97. The molecule has 0 spiro atoms. The Kier molecular flexibility index (Phi) is 7.43. The quantitative estimate of drug-likeness (QED) is 0.265. The Balaban J connectivity index is 1.23. The largest absolute Gasteiger partial charge is 0.508 e. The number of nitrogens with one attached hydrogen (secondary N) is 1. The Morgan fingerprint density at radius 3 is 2.57 bits per heavy atom. The van der Waals surface area contributed by atoms with Crippen LogP contribution in [0.4, 0.5) is 19.0 Å². The molecule has 8 rings (SSSR count). The predicted octanol–water partition coefficient (Wildman–Crippen LogP) is 5.25. The van der Waals surface area contributed by atoms with E-state index in [2.05, 4.69) is 38.0 Å². The molecule has 2 unspecified atom stereocenters. The molecule has 2 N–H and O–H groups in total. The molecule has 11 heteroatoms. The van der Waals surface area contributed by atoms with Crippen LogP contribution in [-0.2, 0) is 0 Å². The molecule has 4 aromatic rings. The summed E-state index contributed by atoms with van der Waals surface area (Å²) in [4.78, 5) is 16.2. The number of fused-ring (bicyclic) bond motifs is 4. The first-order chi connectivity index (χ1) is 22.7. The molecule has 1 saturated carbocycles. The van der Waals surface area contributed by atoms with Crippen molar-refractivity contribution in [1.82, 2.24) is 25.1 Å². The summed E-state index contributed by atoms with van der Waals surface area (Å²) < 4.78 is 54.3. The van der Waals surface area contributed by atoms with E-state index in [9.17, 15) is 9.50 Å². The number of phenols is 1. The number of nitrogens with zero attached hydrogens (tertiary/aromatic N) is 5. The van der Waals surface area contributed by atoms with Crippen molar-refractivity contribution in [3.63, 3.8) is 0 Å². The third kappa shape index (κ3) is 5.52. The summed E-state index contributed by atoms with van der Waals surface area (Å²) in [5.74, 6) is -0.0435. The van der Waals surface area contributed by atoms with Crippen LogP contribution in [0.15, 0.2) is 30.3 Å². The predicted molar refractivity (Wildman–Crippen MR) is 175 cm³/mol. The van der Waals surface area contributed by atoms with Gasteiger partial charge in [-0.2, -0.15) is 9.97 Å². The molecule has 3 saturated heterocycles. The number of piperazine rings is 1. The number of aromatic hydroxyl groups is 1. The number of halogens is 3. The molecule has 4 heterocycles. The zero-order valence-corrected chi connectivity index (χ0v) is 26.3. The molecular formula is C36H37F3N6O2. The molecule has 8 nitrogen and oxygen atoms in total. The zero-order chi connectivity index (χ0) is 32.4. The molecule has 244 valence electrons. The van der Waals surface area contributed by atoms with E-state index in [1.807, 2.05) is 0 Å². The molecule has 0 amide bonds. The van der Waals surface area contributed by atoms with Crippen molar-refractivity contribution in [3.05, 3.63) is 53.3 Å². The number of hydrogen-bond acceptors (Lipinski definition) is 8. The number of anilines is 1. The van der Waals surface area contributed by atoms with Crippen molar-refractivity contribution in [1.29, 1.82) is 0 Å². The summed E-state index contributed by atoms with van der Waals surface area (Å²) >= 11 is 0. The van der Waals surface area contributed by atoms with Gasteiger partial charge in [-0.1, -0.05) is 12.0 Å². The minimum Gasteiger partial charge on any atom is -0.508 e. The van der Waals surface area contributed by atoms with Crippen LogP contribution in [-0.4, -0.2) is 90.0 Å². The fourth-order valence-corrected chi connectivity index (χ4v) is 7.84. The highest BCUT2D eigenvalue weighted by Crippen LogP contribution is 2.47. The number of benzene rings is 3. The van der Waals surface area contributed by atoms with Gasteiger partial charge in [-0.05, 0) is 68.8 Å². The highest BCUT2D eigenvalue weighted by atomic mass is 19.1. The van der Waals surface area contributed by atoms with E-state index in [0.717, 1.165) is 58.4 Å². The van der Waals surface area contributed by atoms with Crippen molar-refractivity contribution in [3.8, 4) is 35.2 Å². The normalized spacial score (nSPS) is 22.6. The second kappa shape index (κ2) is 11.5. The van der Waals surface area contributed by atoms with Crippen molar-refractivity contribution in [2.45, 2.75) is 44.2 Å². The topological polar surface area (TPSA) is 77.0 Å². The second-order valence-electron chi connectivity index (χ2n) is 13.9. The van der Waals surface area contributed by atoms with Crippen molar-refractivity contribution >= 4 is 27.5 Å². The van der Waals surface area contributed by atoms with Crippen molar-refractivity contribution in [2.75, 3.05) is 57.9 Å². The fraction of sp³-hybridized carbons (Fsp3) is 0.444. The Morgan fingerprint density at radius 2 is 1.85 bits per heavy atom. The summed E-state index contributed by atoms with van der Waals surface area (Å²) in [5, 5.41) is 14.8. The van der Waals surface area contributed by atoms with Gasteiger partial charge in [-0.15, -0.1) is 6.42 Å². The van der Waals surface area contributed by atoms with Gasteiger partial charge in [0, 0.05) is 66.6 Å². The van der Waals surface area contributed by atoms with Crippen LogP contribution in [0.3, 0.4) is 0 Å². The van der Waals surface area contributed by atoms with Crippen LogP contribution < -0.4 is 15.0 Å². The summed E-state index contributed by atoms with van der Waals surface area (Å²) in [6.07, 6.45) is 10.9. The molecule has 3 aromatic carbocycles. The van der Waals surface area contributed by atoms with Crippen molar-refractivity contribution in [2.24, 2.45) is 5.41 Å². The van der Waals surface area contributed by atoms with Crippen molar-refractivity contribution < 1.29 is 23.0 Å². The highest BCUT2D eigenvalue weighted by molar-refractivity contribution is 6.04. The first kappa shape index (κ1) is 30.2. The smallest absolute Gasteiger partial charge is 0.319 e. The van der Waals surface area contributed by atoms with Crippen LogP contribution in [0.25, 0.3) is 32.8 Å². The molecule has 2 atom stereocenters. The first-order valence-corrected chi connectivity index (χ1v) is 16.4. The van der Waals surface area contributed by atoms with Gasteiger partial charge in [0.15, 0.2) is 5.82 Å². The fourth-order valence-electron chi connectivity index (χ4n) is 7.84. The van der Waals surface area contributed by atoms with Gasteiger partial charge in [0.2, 0.25) is 0 Å². The number of terminal acetylenes is 1. The lowest BCUT2D eigenvalue weighted by molar-refractivity contribution is 0.0728. The molecule has 4 fully saturated rings. The van der Waals surface area contributed by atoms with Crippen LogP contribution in [0.5, 0.6) is 11.8 Å². The number of aromatic nitrogens is 2. The molecule has 3 aliphatic heterocycles. The molecule has 1 aromatic heterocycles. The average Bonchev–Trinajstić information content (AvgIpc) is 3.73. The standard InChI is InChI=1S/C36H37F3N6O2/c1-3-25-28(37)8-5-21-13-24(46)14-26(30(21)25)31-29(38)15-27-33(32(31)39)41-35(42-34(27)45-16-22-6-7-23(17-45)40-22)47-19-36(9-10-36)18-44-12-4-11-43(2)20-44/h1,5,8,13-15,22-23,40,46H,4,6-7,9-12,16-20H2,2H3. The van der Waals surface area contributed by atoms with Gasteiger partial charge < -0.3 is 20.1 Å². The maximum absolute atomic E-state index is 16.9. The Labute approximate surface area is 271 Å². The number of hydrogen-bond donors (Lipinski definition) is 2. The molecule has 0 radical (unpaired) electrons. The van der Waals surface area contributed by atoms with Crippen LogP contribution in [0.2, 0.25) is 0 Å². The highest BCUT2D eigenvalue weighted by Gasteiger charge is 2.45. The number of rotatable bonds is 7. The lowest BCUT2D eigenvalue weighted by Crippen LogP contribution is -2.51. The third-order valence-electron chi connectivity index (χ3n) is 10.3. The van der Waals surface area contributed by atoms with E-state index < -0.39 is 23.0 Å². The van der Waals surface area contributed by atoms with E-state index in [1.54, 1.807) is 0 Å². The Morgan fingerprint density at radius 1 is 1.06 bits per heavy atom. The third-order valence-corrected chi connectivity index (χ3v) is 10.3. The molecule has 47 heavy (non-hydrogen) atoms. The SMILES string of the molecule is C#Cc1c(F)ccc2cc(O)cc(-c3c(F)cc4c(N5CC6CCC(C5)N6)nc(OCC5(CN6CCCN(C)C6)CC5)nc4c3F)c12. The van der Waals surface area contributed by atoms with Gasteiger partial charge in [0.05, 0.1) is 24.4 Å². The minimum atomic E-state index is -0.955. The summed E-state index contributed by atoms with van der Waals surface area (Å²) in [7, 11) is 2.13. The molecule has 4 aliphatic rings. The zero-order valence-electron chi connectivity index (χ0n) is 26.3. The van der Waals surface area contributed by atoms with E-state index in [-0.39, 0.29) is 56.7 Å². The lowest BCUT2D eigenvalue weighted by Gasteiger charge is -2.35.